The number of ether oxygens (including phenoxy) is 4. The highest BCUT2D eigenvalue weighted by molar-refractivity contribution is 4.99. The van der Waals surface area contributed by atoms with E-state index in [4.69, 9.17) is 0 Å². The van der Waals surface area contributed by atoms with Crippen molar-refractivity contribution in [1.82, 2.24) is 0 Å². The zero-order chi connectivity index (χ0) is 9.64. The van der Waals surface area contributed by atoms with Crippen LogP contribution in [0.4, 0.5) is 17.6 Å². The van der Waals surface area contributed by atoms with E-state index in [1.54, 1.807) is 0 Å². The van der Waals surface area contributed by atoms with Crippen LogP contribution in [0.5, 0.6) is 0 Å². The van der Waals surface area contributed by atoms with Crippen LogP contribution in [0.15, 0.2) is 24.1 Å². The molecule has 2 heterocycles. The van der Waals surface area contributed by atoms with Gasteiger partial charge in [-0.15, -0.1) is 0 Å². The molecule has 0 atom stereocenters. The van der Waals surface area contributed by atoms with E-state index in [1.807, 2.05) is 0 Å². The third-order valence-corrected chi connectivity index (χ3v) is 1.18. The first-order valence-electron chi connectivity index (χ1n) is 2.89. The molecule has 0 amide bonds. The summed E-state index contributed by atoms with van der Waals surface area (Å²) in [7, 11) is 0. The molecule has 2 aliphatic heterocycles. The van der Waals surface area contributed by atoms with Crippen molar-refractivity contribution in [3.05, 3.63) is 24.1 Å². The first-order chi connectivity index (χ1) is 6.02. The maximum absolute atomic E-state index is 11.6. The van der Waals surface area contributed by atoms with E-state index in [0.717, 1.165) is 0 Å². The highest BCUT2D eigenvalue weighted by atomic mass is 19.3. The van der Waals surface area contributed by atoms with Crippen molar-refractivity contribution in [2.75, 3.05) is 0 Å². The summed E-state index contributed by atoms with van der Waals surface area (Å²) >= 11 is 0. The van der Waals surface area contributed by atoms with Gasteiger partial charge in [0.15, 0.2) is 0 Å². The highest BCUT2D eigenvalue weighted by Gasteiger charge is 2.65. The van der Waals surface area contributed by atoms with Crippen molar-refractivity contribution in [3.8, 4) is 0 Å². The van der Waals surface area contributed by atoms with Gasteiger partial charge in [0.2, 0.25) is 0 Å². The van der Waals surface area contributed by atoms with E-state index in [9.17, 15) is 17.6 Å². The molecule has 8 heteroatoms. The van der Waals surface area contributed by atoms with Gasteiger partial charge in [-0.05, 0) is 0 Å². The number of hydrogen-bond acceptors (Lipinski definition) is 4. The topological polar surface area (TPSA) is 36.9 Å². The molecule has 0 N–H and O–H groups in total. The molecule has 2 fully saturated rings. The molecular formula is C5F4O4. The van der Waals surface area contributed by atoms with E-state index in [0.29, 0.717) is 0 Å². The van der Waals surface area contributed by atoms with E-state index >= 15 is 0 Å². The predicted octanol–water partition coefficient (Wildman–Crippen LogP) is 1.82. The Morgan fingerprint density at radius 2 is 1.08 bits per heavy atom. The summed E-state index contributed by atoms with van der Waals surface area (Å²) in [6.07, 6.45) is -6.68. The van der Waals surface area contributed by atoms with Crippen LogP contribution >= 0.6 is 0 Å². The third-order valence-electron chi connectivity index (χ3n) is 1.18. The lowest BCUT2D eigenvalue weighted by atomic mass is 10.7. The van der Waals surface area contributed by atoms with Gasteiger partial charge < -0.3 is 18.9 Å². The van der Waals surface area contributed by atoms with Crippen LogP contribution in [0.1, 0.15) is 0 Å². The lowest BCUT2D eigenvalue weighted by Crippen LogP contribution is -2.57. The van der Waals surface area contributed by atoms with E-state index in [-0.39, 0.29) is 0 Å². The summed E-state index contributed by atoms with van der Waals surface area (Å²) in [4.78, 5) is 0. The molecule has 13 heavy (non-hydrogen) atoms. The fourth-order valence-electron chi connectivity index (χ4n) is 0.707. The van der Waals surface area contributed by atoms with Gasteiger partial charge in [-0.1, -0.05) is 0 Å². The van der Waals surface area contributed by atoms with Gasteiger partial charge in [0.05, 0.1) is 0 Å². The minimum absolute atomic E-state index is 1.10. The van der Waals surface area contributed by atoms with Gasteiger partial charge in [-0.25, -0.2) is 0 Å². The van der Waals surface area contributed by atoms with Gasteiger partial charge >= 0.3 is 30.2 Å². The first kappa shape index (κ1) is 8.02. The van der Waals surface area contributed by atoms with Gasteiger partial charge in [0, 0.05) is 0 Å². The minimum Gasteiger partial charge on any atom is -0.347 e. The Kier molecular flexibility index (Phi) is 1.36. The molecule has 0 aromatic heterocycles. The van der Waals surface area contributed by atoms with Gasteiger partial charge in [0.25, 0.3) is 0 Å². The summed E-state index contributed by atoms with van der Waals surface area (Å²) in [5.41, 5.74) is 0. The summed E-state index contributed by atoms with van der Waals surface area (Å²) < 4.78 is 62.8. The predicted molar refractivity (Wildman–Crippen MR) is 25.6 cm³/mol. The lowest BCUT2D eigenvalue weighted by Gasteiger charge is -2.44. The van der Waals surface area contributed by atoms with Crippen molar-refractivity contribution in [2.24, 2.45) is 0 Å². The van der Waals surface area contributed by atoms with Crippen LogP contribution in [-0.4, -0.2) is 6.16 Å². The molecular weight excluding hydrogens is 200 g/mol. The molecule has 1 spiro atoms. The molecule has 0 bridgehead atoms. The van der Waals surface area contributed by atoms with Crippen LogP contribution in [-0.2, 0) is 18.9 Å². The average Bonchev–Trinajstić information content (AvgIpc) is 1.78. The maximum Gasteiger partial charge on any atom is 0.620 e. The monoisotopic (exact) mass is 200 g/mol. The van der Waals surface area contributed by atoms with E-state index in [2.05, 4.69) is 18.9 Å². The standard InChI is InChI=1S/C5F4O4/c6-1(7)3-10-5(11-3)12-4(13-5)2(8)9. The Morgan fingerprint density at radius 1 is 0.769 bits per heavy atom. The molecule has 4 nitrogen and oxygen atoms in total. The average molecular weight is 200 g/mol. The fraction of sp³-hybridized carbons (Fsp3) is 0.200. The minimum atomic E-state index is -2.23. The molecule has 2 saturated heterocycles. The van der Waals surface area contributed by atoms with Crippen LogP contribution < -0.4 is 0 Å². The van der Waals surface area contributed by atoms with Gasteiger partial charge in [-0.2, -0.15) is 17.6 Å². The molecule has 0 radical (unpaired) electrons. The summed E-state index contributed by atoms with van der Waals surface area (Å²) in [6, 6.07) is 0. The summed E-state index contributed by atoms with van der Waals surface area (Å²) in [6.45, 7) is 0. The summed E-state index contributed by atoms with van der Waals surface area (Å²) in [5, 5.41) is 0. The molecule has 2 aliphatic rings. The van der Waals surface area contributed by atoms with Gasteiger partial charge in [0.1, 0.15) is 0 Å². The Labute approximate surface area is 67.9 Å². The van der Waals surface area contributed by atoms with E-state index < -0.39 is 30.2 Å². The number of halogens is 4. The Hall–Kier alpha value is -1.60. The molecule has 0 saturated carbocycles. The summed E-state index contributed by atoms with van der Waals surface area (Å²) in [5.74, 6) is -2.20. The second-order valence-corrected chi connectivity index (χ2v) is 2.00. The van der Waals surface area contributed by atoms with Gasteiger partial charge in [-0.3, -0.25) is 0 Å². The molecule has 72 valence electrons. The van der Waals surface area contributed by atoms with Crippen molar-refractivity contribution in [3.63, 3.8) is 0 Å². The van der Waals surface area contributed by atoms with E-state index in [1.165, 1.54) is 0 Å². The maximum atomic E-state index is 11.6. The van der Waals surface area contributed by atoms with Crippen LogP contribution in [0.25, 0.3) is 0 Å². The molecule has 0 aromatic carbocycles. The van der Waals surface area contributed by atoms with Crippen molar-refractivity contribution in [2.45, 2.75) is 6.16 Å². The molecule has 0 aromatic rings. The normalized spacial score (nSPS) is 28.9. The molecule has 2 rings (SSSR count). The first-order valence-corrected chi connectivity index (χ1v) is 2.89. The Bertz CT molecular complexity index is 263. The zero-order valence-electron chi connectivity index (χ0n) is 5.64. The lowest BCUT2D eigenvalue weighted by molar-refractivity contribution is -0.614. The van der Waals surface area contributed by atoms with Crippen LogP contribution in [0.2, 0.25) is 0 Å². The second kappa shape index (κ2) is 2.21. The third kappa shape index (κ3) is 1.05. The number of hydrogen-bond donors (Lipinski definition) is 0. The van der Waals surface area contributed by atoms with Crippen molar-refractivity contribution in [1.29, 1.82) is 0 Å². The fourth-order valence-corrected chi connectivity index (χ4v) is 0.707. The van der Waals surface area contributed by atoms with Crippen LogP contribution in [0.3, 0.4) is 0 Å². The Morgan fingerprint density at radius 3 is 1.31 bits per heavy atom. The quantitative estimate of drug-likeness (QED) is 0.559. The highest BCUT2D eigenvalue weighted by Crippen LogP contribution is 2.47. The zero-order valence-corrected chi connectivity index (χ0v) is 5.64. The van der Waals surface area contributed by atoms with Crippen molar-refractivity contribution >= 4 is 0 Å². The Balaban J connectivity index is 1.97. The number of rotatable bonds is 0. The molecule has 0 unspecified atom stereocenters. The largest absolute Gasteiger partial charge is 0.620 e. The molecule has 0 aliphatic carbocycles. The van der Waals surface area contributed by atoms with Crippen LogP contribution in [0, 0.1) is 0 Å². The SMILES string of the molecule is FC(F)=C1OC2(O1)OC(=C(F)F)O2. The second-order valence-electron chi connectivity index (χ2n) is 2.00. The van der Waals surface area contributed by atoms with Crippen molar-refractivity contribution < 1.29 is 36.5 Å². The smallest absolute Gasteiger partial charge is 0.347 e.